The second kappa shape index (κ2) is 8.14. The Balaban J connectivity index is 1.11. The molecule has 1 saturated carbocycles. The quantitative estimate of drug-likeness (QED) is 0.629. The monoisotopic (exact) mass is 404 g/mol. The smallest absolute Gasteiger partial charge is 0.233 e. The SMILES string of the molecule is Cc1cnn(C)c1-c1ccc(OCC2C[C@@H]3CN(Cc4ccccn4)C[C@@H]3C2)nn1. The van der Waals surface area contributed by atoms with Gasteiger partial charge in [-0.05, 0) is 61.3 Å². The van der Waals surface area contributed by atoms with Crippen LogP contribution in [0.5, 0.6) is 5.88 Å². The summed E-state index contributed by atoms with van der Waals surface area (Å²) in [5.74, 6) is 2.78. The summed E-state index contributed by atoms with van der Waals surface area (Å²) < 4.78 is 7.82. The summed E-state index contributed by atoms with van der Waals surface area (Å²) in [6.07, 6.45) is 6.20. The highest BCUT2D eigenvalue weighted by molar-refractivity contribution is 5.58. The van der Waals surface area contributed by atoms with Crippen molar-refractivity contribution in [3.05, 3.63) is 54.0 Å². The first kappa shape index (κ1) is 19.2. The van der Waals surface area contributed by atoms with Gasteiger partial charge < -0.3 is 4.74 Å². The fourth-order valence-corrected chi connectivity index (χ4v) is 5.15. The third-order valence-corrected chi connectivity index (χ3v) is 6.51. The van der Waals surface area contributed by atoms with Crippen molar-refractivity contribution in [3.63, 3.8) is 0 Å². The van der Waals surface area contributed by atoms with Crippen molar-refractivity contribution in [2.24, 2.45) is 24.8 Å². The molecule has 156 valence electrons. The molecular formula is C23H28N6O. The van der Waals surface area contributed by atoms with E-state index in [-0.39, 0.29) is 0 Å². The predicted octanol–water partition coefficient (Wildman–Crippen LogP) is 3.12. The molecule has 3 aromatic rings. The molecule has 3 atom stereocenters. The molecule has 1 saturated heterocycles. The molecule has 0 aromatic carbocycles. The first-order valence-electron chi connectivity index (χ1n) is 10.7. The molecule has 0 spiro atoms. The first-order chi connectivity index (χ1) is 14.7. The number of fused-ring (bicyclic) bond motifs is 1. The summed E-state index contributed by atoms with van der Waals surface area (Å²) in [4.78, 5) is 7.02. The molecule has 3 aromatic heterocycles. The van der Waals surface area contributed by atoms with Crippen LogP contribution in [-0.2, 0) is 13.6 Å². The zero-order valence-electron chi connectivity index (χ0n) is 17.6. The Morgan fingerprint density at radius 1 is 1.07 bits per heavy atom. The predicted molar refractivity (Wildman–Crippen MR) is 114 cm³/mol. The topological polar surface area (TPSA) is 69.0 Å². The molecule has 5 rings (SSSR count). The summed E-state index contributed by atoms with van der Waals surface area (Å²) in [7, 11) is 1.92. The molecule has 2 fully saturated rings. The zero-order valence-corrected chi connectivity index (χ0v) is 17.6. The summed E-state index contributed by atoms with van der Waals surface area (Å²) in [5.41, 5.74) is 4.08. The molecule has 0 N–H and O–H groups in total. The average Bonchev–Trinajstić information content (AvgIpc) is 3.41. The molecule has 7 heteroatoms. The summed E-state index contributed by atoms with van der Waals surface area (Å²) >= 11 is 0. The molecule has 7 nitrogen and oxygen atoms in total. The highest BCUT2D eigenvalue weighted by atomic mass is 16.5. The van der Waals surface area contributed by atoms with Crippen LogP contribution in [0.4, 0.5) is 0 Å². The second-order valence-corrected chi connectivity index (χ2v) is 8.74. The van der Waals surface area contributed by atoms with E-state index in [9.17, 15) is 0 Å². The standard InChI is InChI=1S/C23H28N6O/c1-16-11-25-28(2)23(16)21-6-7-22(27-26-21)30-15-17-9-18-12-29(13-19(18)10-17)14-20-5-3-4-8-24-20/h3-8,11,17-19H,9-10,12-15H2,1-2H3/t17?,18-,19+. The van der Waals surface area contributed by atoms with Crippen LogP contribution in [-0.4, -0.2) is 49.6 Å². The Morgan fingerprint density at radius 3 is 2.53 bits per heavy atom. The normalized spacial score (nSPS) is 23.6. The second-order valence-electron chi connectivity index (χ2n) is 8.74. The first-order valence-corrected chi connectivity index (χ1v) is 10.7. The third-order valence-electron chi connectivity index (χ3n) is 6.51. The number of aromatic nitrogens is 5. The van der Waals surface area contributed by atoms with Gasteiger partial charge in [0.25, 0.3) is 0 Å². The van der Waals surface area contributed by atoms with Crippen molar-refractivity contribution < 1.29 is 4.74 Å². The number of hydrogen-bond donors (Lipinski definition) is 0. The van der Waals surface area contributed by atoms with E-state index in [4.69, 9.17) is 4.74 Å². The molecule has 1 unspecified atom stereocenters. The highest BCUT2D eigenvalue weighted by Gasteiger charge is 2.40. The molecule has 2 aliphatic rings. The van der Waals surface area contributed by atoms with Gasteiger partial charge in [0, 0.05) is 38.9 Å². The Morgan fingerprint density at radius 2 is 1.90 bits per heavy atom. The van der Waals surface area contributed by atoms with Crippen molar-refractivity contribution in [1.82, 2.24) is 29.9 Å². The minimum absolute atomic E-state index is 0.604. The van der Waals surface area contributed by atoms with E-state index in [0.29, 0.717) is 11.8 Å². The molecular weight excluding hydrogens is 376 g/mol. The van der Waals surface area contributed by atoms with E-state index in [2.05, 4.69) is 37.3 Å². The van der Waals surface area contributed by atoms with Crippen LogP contribution in [0.15, 0.2) is 42.7 Å². The Labute approximate surface area is 177 Å². The van der Waals surface area contributed by atoms with Crippen LogP contribution in [0.25, 0.3) is 11.4 Å². The van der Waals surface area contributed by atoms with Gasteiger partial charge in [0.05, 0.1) is 24.2 Å². The minimum atomic E-state index is 0.604. The lowest BCUT2D eigenvalue weighted by molar-refractivity contribution is 0.219. The maximum Gasteiger partial charge on any atom is 0.233 e. The van der Waals surface area contributed by atoms with Gasteiger partial charge in [-0.25, -0.2) is 0 Å². The van der Waals surface area contributed by atoms with Gasteiger partial charge in [0.2, 0.25) is 5.88 Å². The fourth-order valence-electron chi connectivity index (χ4n) is 5.15. The molecule has 1 aliphatic heterocycles. The van der Waals surface area contributed by atoms with Gasteiger partial charge >= 0.3 is 0 Å². The number of aryl methyl sites for hydroxylation is 2. The lowest BCUT2D eigenvalue weighted by Gasteiger charge is -2.18. The van der Waals surface area contributed by atoms with Gasteiger partial charge in [0.15, 0.2) is 0 Å². The van der Waals surface area contributed by atoms with E-state index >= 15 is 0 Å². The Kier molecular flexibility index (Phi) is 5.21. The maximum atomic E-state index is 5.99. The molecule has 0 bridgehead atoms. The number of likely N-dealkylation sites (tertiary alicyclic amines) is 1. The maximum absolute atomic E-state index is 5.99. The van der Waals surface area contributed by atoms with Gasteiger partial charge in [-0.3, -0.25) is 14.6 Å². The van der Waals surface area contributed by atoms with E-state index < -0.39 is 0 Å². The summed E-state index contributed by atoms with van der Waals surface area (Å²) in [6, 6.07) is 10.0. The van der Waals surface area contributed by atoms with Crippen molar-refractivity contribution in [2.45, 2.75) is 26.3 Å². The van der Waals surface area contributed by atoms with Crippen LogP contribution >= 0.6 is 0 Å². The fraction of sp³-hybridized carbons (Fsp3) is 0.478. The van der Waals surface area contributed by atoms with Crippen LogP contribution in [0.2, 0.25) is 0 Å². The van der Waals surface area contributed by atoms with Crippen molar-refractivity contribution in [1.29, 1.82) is 0 Å². The highest BCUT2D eigenvalue weighted by Crippen LogP contribution is 2.42. The van der Waals surface area contributed by atoms with Gasteiger partial charge in [-0.2, -0.15) is 5.10 Å². The molecule has 0 amide bonds. The van der Waals surface area contributed by atoms with Crippen molar-refractivity contribution in [3.8, 4) is 17.3 Å². The molecule has 30 heavy (non-hydrogen) atoms. The summed E-state index contributed by atoms with van der Waals surface area (Å²) in [6.45, 7) is 6.08. The Bertz CT molecular complexity index is 953. The number of nitrogens with zero attached hydrogens (tertiary/aromatic N) is 6. The molecule has 1 aliphatic carbocycles. The minimum Gasteiger partial charge on any atom is -0.476 e. The van der Waals surface area contributed by atoms with Crippen LogP contribution in [0.1, 0.15) is 24.1 Å². The van der Waals surface area contributed by atoms with Crippen molar-refractivity contribution in [2.75, 3.05) is 19.7 Å². The Hall–Kier alpha value is -2.80. The number of ether oxygens (including phenoxy) is 1. The summed E-state index contributed by atoms with van der Waals surface area (Å²) in [5, 5.41) is 12.9. The lowest BCUT2D eigenvalue weighted by atomic mass is 10.0. The van der Waals surface area contributed by atoms with E-state index in [1.54, 1.807) is 0 Å². The van der Waals surface area contributed by atoms with Gasteiger partial charge in [-0.1, -0.05) is 6.07 Å². The number of rotatable bonds is 6. The number of pyridine rings is 1. The van der Waals surface area contributed by atoms with E-state index in [1.807, 2.05) is 49.2 Å². The largest absolute Gasteiger partial charge is 0.476 e. The van der Waals surface area contributed by atoms with Gasteiger partial charge in [-0.15, -0.1) is 10.2 Å². The lowest BCUT2D eigenvalue weighted by Crippen LogP contribution is -2.23. The van der Waals surface area contributed by atoms with Crippen LogP contribution in [0, 0.1) is 24.7 Å². The molecule has 0 radical (unpaired) electrons. The van der Waals surface area contributed by atoms with Crippen LogP contribution in [0.3, 0.4) is 0 Å². The third kappa shape index (κ3) is 3.94. The van der Waals surface area contributed by atoms with E-state index in [0.717, 1.165) is 41.9 Å². The van der Waals surface area contributed by atoms with Crippen LogP contribution < -0.4 is 4.74 Å². The zero-order chi connectivity index (χ0) is 20.5. The van der Waals surface area contributed by atoms with E-state index in [1.165, 1.54) is 31.6 Å². The van der Waals surface area contributed by atoms with Gasteiger partial charge in [0.1, 0.15) is 5.69 Å². The average molecular weight is 405 g/mol. The molecule has 4 heterocycles. The number of hydrogen-bond acceptors (Lipinski definition) is 6. The van der Waals surface area contributed by atoms with Crippen molar-refractivity contribution >= 4 is 0 Å².